The zero-order valence-electron chi connectivity index (χ0n) is 9.62. The first kappa shape index (κ1) is 12.1. The van der Waals surface area contributed by atoms with Gasteiger partial charge in [-0.1, -0.05) is 15.9 Å². The first-order valence-corrected chi connectivity index (χ1v) is 7.46. The van der Waals surface area contributed by atoms with Gasteiger partial charge in [-0.2, -0.15) is 0 Å². The fourth-order valence-corrected chi connectivity index (χ4v) is 3.93. The van der Waals surface area contributed by atoms with E-state index in [1.807, 2.05) is 6.07 Å². The van der Waals surface area contributed by atoms with Gasteiger partial charge in [0.1, 0.15) is 5.82 Å². The van der Waals surface area contributed by atoms with Crippen LogP contribution in [0.5, 0.6) is 0 Å². The minimum atomic E-state index is -0.150. The molecular formula is C13H12BrFN2S. The molecule has 2 nitrogen and oxygen atoms in total. The van der Waals surface area contributed by atoms with Crippen molar-refractivity contribution in [3.8, 4) is 0 Å². The van der Waals surface area contributed by atoms with Crippen LogP contribution in [0.4, 0.5) is 9.52 Å². The van der Waals surface area contributed by atoms with E-state index >= 15 is 0 Å². The highest BCUT2D eigenvalue weighted by Crippen LogP contribution is 2.42. The minimum absolute atomic E-state index is 0.0982. The van der Waals surface area contributed by atoms with Crippen LogP contribution >= 0.6 is 27.3 Å². The van der Waals surface area contributed by atoms with E-state index in [2.05, 4.69) is 20.9 Å². The minimum Gasteiger partial charge on any atom is -0.375 e. The van der Waals surface area contributed by atoms with Crippen molar-refractivity contribution in [2.24, 2.45) is 0 Å². The first-order chi connectivity index (χ1) is 8.65. The highest BCUT2D eigenvalue weighted by atomic mass is 79.9. The zero-order valence-corrected chi connectivity index (χ0v) is 12.0. The predicted molar refractivity (Wildman–Crippen MR) is 75.4 cm³/mol. The lowest BCUT2D eigenvalue weighted by Gasteiger charge is -2.22. The Morgan fingerprint density at radius 1 is 1.44 bits per heavy atom. The van der Waals surface area contributed by atoms with E-state index in [9.17, 15) is 4.39 Å². The van der Waals surface area contributed by atoms with Crippen LogP contribution in [0.15, 0.2) is 22.7 Å². The Morgan fingerprint density at radius 2 is 2.28 bits per heavy atom. The number of hydrogen-bond donors (Lipinski definition) is 1. The van der Waals surface area contributed by atoms with Gasteiger partial charge in [0.2, 0.25) is 0 Å². The Kier molecular flexibility index (Phi) is 3.11. The third-order valence-corrected chi connectivity index (χ3v) is 4.83. The Morgan fingerprint density at radius 3 is 3.11 bits per heavy atom. The quantitative estimate of drug-likeness (QED) is 0.857. The number of aryl methyl sites for hydroxylation is 1. The topological polar surface area (TPSA) is 38.9 Å². The number of nitrogens with zero attached hydrogens (tertiary/aromatic N) is 1. The summed E-state index contributed by atoms with van der Waals surface area (Å²) in [6.07, 6.45) is 2.95. The van der Waals surface area contributed by atoms with Crippen molar-refractivity contribution < 1.29 is 4.39 Å². The van der Waals surface area contributed by atoms with Gasteiger partial charge >= 0.3 is 0 Å². The molecule has 1 atom stereocenters. The number of nitrogen functional groups attached to an aromatic ring is 1. The van der Waals surface area contributed by atoms with Crippen LogP contribution in [0.25, 0.3) is 0 Å². The second kappa shape index (κ2) is 4.63. The lowest BCUT2D eigenvalue weighted by molar-refractivity contribution is 0.560. The molecule has 1 aliphatic carbocycles. The number of aromatic nitrogens is 1. The van der Waals surface area contributed by atoms with E-state index in [0.29, 0.717) is 5.13 Å². The van der Waals surface area contributed by atoms with E-state index in [-0.39, 0.29) is 11.7 Å². The van der Waals surface area contributed by atoms with E-state index < -0.39 is 0 Å². The lowest BCUT2D eigenvalue weighted by atomic mass is 9.86. The number of nitrogens with two attached hydrogens (primary N) is 1. The van der Waals surface area contributed by atoms with Crippen molar-refractivity contribution in [1.29, 1.82) is 0 Å². The number of hydrogen-bond acceptors (Lipinski definition) is 3. The summed E-state index contributed by atoms with van der Waals surface area (Å²) >= 11 is 4.90. The van der Waals surface area contributed by atoms with Gasteiger partial charge in [0.05, 0.1) is 5.69 Å². The van der Waals surface area contributed by atoms with E-state index in [4.69, 9.17) is 5.73 Å². The number of rotatable bonds is 1. The standard InChI is InChI=1S/C13H12BrFN2S/c14-7-4-5-10(15)9(6-7)8-2-1-3-11-12(8)18-13(16)17-11/h4-6,8H,1-3H2,(H2,16,17). The molecule has 0 saturated heterocycles. The SMILES string of the molecule is Nc1nc2c(s1)C(c1cc(Br)ccc1F)CCC2. The molecule has 1 unspecified atom stereocenters. The van der Waals surface area contributed by atoms with Gasteiger partial charge in [-0.15, -0.1) is 11.3 Å². The normalized spacial score (nSPS) is 18.7. The molecule has 1 aliphatic rings. The van der Waals surface area contributed by atoms with Crippen LogP contribution in [0.1, 0.15) is 34.9 Å². The number of thiazole rings is 1. The van der Waals surface area contributed by atoms with Crippen LogP contribution < -0.4 is 5.73 Å². The lowest BCUT2D eigenvalue weighted by Crippen LogP contribution is -2.10. The summed E-state index contributed by atoms with van der Waals surface area (Å²) in [5.41, 5.74) is 7.56. The van der Waals surface area contributed by atoms with Crippen molar-refractivity contribution in [3.63, 3.8) is 0 Å². The largest absolute Gasteiger partial charge is 0.375 e. The molecule has 0 bridgehead atoms. The molecule has 1 aromatic heterocycles. The molecule has 0 aliphatic heterocycles. The summed E-state index contributed by atoms with van der Waals surface area (Å²) in [6, 6.07) is 5.10. The second-order valence-electron chi connectivity index (χ2n) is 4.47. The molecule has 94 valence electrons. The molecule has 0 radical (unpaired) electrons. The molecule has 3 rings (SSSR count). The van der Waals surface area contributed by atoms with E-state index in [0.717, 1.165) is 39.9 Å². The van der Waals surface area contributed by atoms with Crippen molar-refractivity contribution in [3.05, 3.63) is 44.6 Å². The van der Waals surface area contributed by atoms with Crippen LogP contribution in [0.3, 0.4) is 0 Å². The molecule has 0 saturated carbocycles. The van der Waals surface area contributed by atoms with Crippen LogP contribution in [-0.2, 0) is 6.42 Å². The maximum atomic E-state index is 14.0. The molecule has 2 aromatic rings. The Balaban J connectivity index is 2.10. The van der Waals surface area contributed by atoms with Gasteiger partial charge in [-0.3, -0.25) is 0 Å². The summed E-state index contributed by atoms with van der Waals surface area (Å²) in [5, 5.41) is 0.585. The third-order valence-electron chi connectivity index (χ3n) is 3.30. The molecular weight excluding hydrogens is 315 g/mol. The van der Waals surface area contributed by atoms with Gasteiger partial charge in [-0.25, -0.2) is 9.37 Å². The summed E-state index contributed by atoms with van der Waals surface area (Å²) in [4.78, 5) is 5.48. The van der Waals surface area contributed by atoms with Crippen molar-refractivity contribution >= 4 is 32.4 Å². The Hall–Kier alpha value is -0.940. The Labute approximate surface area is 117 Å². The van der Waals surface area contributed by atoms with Crippen molar-refractivity contribution in [1.82, 2.24) is 4.98 Å². The number of fused-ring (bicyclic) bond motifs is 1. The monoisotopic (exact) mass is 326 g/mol. The molecule has 5 heteroatoms. The zero-order chi connectivity index (χ0) is 12.7. The highest BCUT2D eigenvalue weighted by Gasteiger charge is 2.27. The number of benzene rings is 1. The maximum absolute atomic E-state index is 14.0. The molecule has 0 fully saturated rings. The number of anilines is 1. The van der Waals surface area contributed by atoms with Gasteiger partial charge in [0.15, 0.2) is 5.13 Å². The van der Waals surface area contributed by atoms with Crippen LogP contribution in [-0.4, -0.2) is 4.98 Å². The van der Waals surface area contributed by atoms with E-state index in [1.165, 1.54) is 17.4 Å². The summed E-state index contributed by atoms with van der Waals surface area (Å²) in [6.45, 7) is 0. The van der Waals surface area contributed by atoms with Gasteiger partial charge in [0.25, 0.3) is 0 Å². The predicted octanol–water partition coefficient (Wildman–Crippen LogP) is 4.10. The first-order valence-electron chi connectivity index (χ1n) is 5.85. The molecule has 2 N–H and O–H groups in total. The van der Waals surface area contributed by atoms with Crippen molar-refractivity contribution in [2.45, 2.75) is 25.2 Å². The van der Waals surface area contributed by atoms with E-state index in [1.54, 1.807) is 6.07 Å². The third kappa shape index (κ3) is 2.06. The Bertz CT molecular complexity index is 597. The second-order valence-corrected chi connectivity index (χ2v) is 6.45. The average molecular weight is 327 g/mol. The summed E-state index contributed by atoms with van der Waals surface area (Å²) < 4.78 is 14.9. The summed E-state index contributed by atoms with van der Waals surface area (Å²) in [5.74, 6) is -0.0518. The van der Waals surface area contributed by atoms with Crippen molar-refractivity contribution in [2.75, 3.05) is 5.73 Å². The highest BCUT2D eigenvalue weighted by molar-refractivity contribution is 9.10. The fraction of sp³-hybridized carbons (Fsp3) is 0.308. The molecule has 1 heterocycles. The van der Waals surface area contributed by atoms with Crippen LogP contribution in [0, 0.1) is 5.82 Å². The van der Waals surface area contributed by atoms with Gasteiger partial charge in [0, 0.05) is 15.3 Å². The maximum Gasteiger partial charge on any atom is 0.180 e. The number of halogens is 2. The molecule has 1 aromatic carbocycles. The smallest absolute Gasteiger partial charge is 0.180 e. The summed E-state index contributed by atoms with van der Waals surface area (Å²) in [7, 11) is 0. The molecule has 0 spiro atoms. The van der Waals surface area contributed by atoms with Gasteiger partial charge < -0.3 is 5.73 Å². The average Bonchev–Trinajstić information content (AvgIpc) is 2.72. The molecule has 0 amide bonds. The molecule has 18 heavy (non-hydrogen) atoms. The van der Waals surface area contributed by atoms with Gasteiger partial charge in [-0.05, 0) is 43.0 Å². The fourth-order valence-electron chi connectivity index (χ4n) is 2.52. The van der Waals surface area contributed by atoms with Crippen LogP contribution in [0.2, 0.25) is 0 Å².